The van der Waals surface area contributed by atoms with E-state index in [2.05, 4.69) is 0 Å². The van der Waals surface area contributed by atoms with Crippen LogP contribution >= 0.6 is 0 Å². The van der Waals surface area contributed by atoms with Crippen molar-refractivity contribution in [3.05, 3.63) is 42.0 Å². The molecule has 1 aromatic carbocycles. The molecule has 0 aromatic heterocycles. The van der Waals surface area contributed by atoms with Crippen LogP contribution in [0.1, 0.15) is 12.0 Å². The topological polar surface area (TPSA) is 121 Å². The largest absolute Gasteiger partial charge is 0.480 e. The molecular formula is C15H16N2O5. The number of carboxylic acids is 2. The van der Waals surface area contributed by atoms with Crippen molar-refractivity contribution < 1.29 is 24.6 Å². The minimum atomic E-state index is -1.74. The van der Waals surface area contributed by atoms with Crippen LogP contribution < -0.4 is 5.73 Å². The Labute approximate surface area is 126 Å². The molecule has 0 spiro atoms. The fourth-order valence-electron chi connectivity index (χ4n) is 2.37. The first-order valence-electron chi connectivity index (χ1n) is 6.62. The molecule has 116 valence electrons. The zero-order valence-corrected chi connectivity index (χ0v) is 11.7. The van der Waals surface area contributed by atoms with Crippen molar-refractivity contribution in [3.8, 4) is 0 Å². The van der Waals surface area contributed by atoms with Gasteiger partial charge in [-0.2, -0.15) is 0 Å². The van der Waals surface area contributed by atoms with Crippen LogP contribution in [0.5, 0.6) is 0 Å². The van der Waals surface area contributed by atoms with E-state index >= 15 is 0 Å². The number of aliphatic carboxylic acids is 2. The van der Waals surface area contributed by atoms with E-state index in [9.17, 15) is 14.4 Å². The lowest BCUT2D eigenvalue weighted by Crippen LogP contribution is -2.50. The van der Waals surface area contributed by atoms with Crippen LogP contribution in [-0.4, -0.2) is 51.1 Å². The molecule has 0 radical (unpaired) electrons. The summed E-state index contributed by atoms with van der Waals surface area (Å²) in [5.74, 6) is -3.17. The fraction of sp³-hybridized carbons (Fsp3) is 0.267. The smallest absolute Gasteiger partial charge is 0.326 e. The Morgan fingerprint density at radius 3 is 2.41 bits per heavy atom. The molecule has 4 N–H and O–H groups in total. The third-order valence-electron chi connectivity index (χ3n) is 3.60. The second-order valence-electron chi connectivity index (χ2n) is 5.23. The second-order valence-corrected chi connectivity index (χ2v) is 5.23. The molecule has 7 heteroatoms. The number of nitrogens with two attached hydrogens (primary N) is 1. The van der Waals surface area contributed by atoms with Crippen molar-refractivity contribution in [2.75, 3.05) is 6.54 Å². The maximum atomic E-state index is 12.2. The van der Waals surface area contributed by atoms with E-state index in [-0.39, 0.29) is 13.0 Å². The second kappa shape index (κ2) is 5.98. The van der Waals surface area contributed by atoms with Crippen LogP contribution in [0, 0.1) is 0 Å². The predicted molar refractivity (Wildman–Crippen MR) is 77.8 cm³/mol. The van der Waals surface area contributed by atoms with Crippen molar-refractivity contribution >= 4 is 23.9 Å². The van der Waals surface area contributed by atoms with Gasteiger partial charge in [-0.05, 0) is 11.6 Å². The number of amides is 1. The number of carbonyl (C=O) groups is 3. The summed E-state index contributed by atoms with van der Waals surface area (Å²) in [4.78, 5) is 35.6. The Bertz CT molecular complexity index is 628. The van der Waals surface area contributed by atoms with Crippen molar-refractivity contribution in [1.82, 2.24) is 4.90 Å². The normalized spacial score (nSPS) is 24.6. The number of hydrogen-bond donors (Lipinski definition) is 3. The van der Waals surface area contributed by atoms with E-state index in [1.165, 1.54) is 6.08 Å². The van der Waals surface area contributed by atoms with E-state index in [1.807, 2.05) is 6.07 Å². The first kappa shape index (κ1) is 15.7. The first-order chi connectivity index (χ1) is 10.3. The van der Waals surface area contributed by atoms with Gasteiger partial charge >= 0.3 is 11.9 Å². The standard InChI is InChI=1S/C15H16N2O5/c16-15(14(21)22)8-11(13(19)20)17(9-15)12(18)7-6-10-4-2-1-3-5-10/h1-7,11H,8-9,16H2,(H,19,20)(H,21,22). The van der Waals surface area contributed by atoms with Crippen molar-refractivity contribution in [3.63, 3.8) is 0 Å². The molecule has 7 nitrogen and oxygen atoms in total. The molecule has 22 heavy (non-hydrogen) atoms. The molecule has 1 aliphatic rings. The van der Waals surface area contributed by atoms with Gasteiger partial charge in [0.2, 0.25) is 5.91 Å². The summed E-state index contributed by atoms with van der Waals surface area (Å²) >= 11 is 0. The van der Waals surface area contributed by atoms with Crippen LogP contribution in [0.3, 0.4) is 0 Å². The quantitative estimate of drug-likeness (QED) is 0.682. The Morgan fingerprint density at radius 2 is 1.86 bits per heavy atom. The van der Waals surface area contributed by atoms with Crippen LogP contribution in [0.2, 0.25) is 0 Å². The number of nitrogens with zero attached hydrogens (tertiary/aromatic N) is 1. The van der Waals surface area contributed by atoms with Crippen molar-refractivity contribution in [2.24, 2.45) is 5.73 Å². The molecular weight excluding hydrogens is 288 g/mol. The van der Waals surface area contributed by atoms with Gasteiger partial charge in [-0.15, -0.1) is 0 Å². The summed E-state index contributed by atoms with van der Waals surface area (Å²) in [5, 5.41) is 18.3. The lowest BCUT2D eigenvalue weighted by Gasteiger charge is -2.20. The van der Waals surface area contributed by atoms with Gasteiger partial charge in [-0.1, -0.05) is 30.3 Å². The average Bonchev–Trinajstić information content (AvgIpc) is 2.86. The number of hydrogen-bond acceptors (Lipinski definition) is 4. The highest BCUT2D eigenvalue weighted by Gasteiger charge is 2.50. The molecule has 2 atom stereocenters. The lowest BCUT2D eigenvalue weighted by molar-refractivity contribution is -0.146. The number of rotatable bonds is 4. The number of benzene rings is 1. The monoisotopic (exact) mass is 304 g/mol. The summed E-state index contributed by atoms with van der Waals surface area (Å²) < 4.78 is 0. The van der Waals surface area contributed by atoms with Crippen molar-refractivity contribution in [1.29, 1.82) is 0 Å². The zero-order chi connectivity index (χ0) is 16.3. The lowest BCUT2D eigenvalue weighted by atomic mass is 9.98. The number of likely N-dealkylation sites (tertiary alicyclic amines) is 1. The molecule has 1 heterocycles. The Balaban J connectivity index is 2.18. The van der Waals surface area contributed by atoms with Gasteiger partial charge < -0.3 is 20.8 Å². The van der Waals surface area contributed by atoms with Crippen LogP contribution in [0.15, 0.2) is 36.4 Å². The third-order valence-corrected chi connectivity index (χ3v) is 3.60. The molecule has 2 unspecified atom stereocenters. The van der Waals surface area contributed by atoms with Gasteiger partial charge in [-0.3, -0.25) is 9.59 Å². The predicted octanol–water partition coefficient (Wildman–Crippen LogP) is 0.167. The van der Waals surface area contributed by atoms with Gasteiger partial charge in [0, 0.05) is 12.5 Å². The molecule has 1 saturated heterocycles. The highest BCUT2D eigenvalue weighted by molar-refractivity contribution is 5.96. The van der Waals surface area contributed by atoms with Gasteiger partial charge in [-0.25, -0.2) is 4.79 Å². The SMILES string of the molecule is NC1(C(=O)O)CC(C(=O)O)N(C(=O)C=Cc2ccccc2)C1. The molecule has 0 aliphatic carbocycles. The van der Waals surface area contributed by atoms with E-state index in [0.717, 1.165) is 10.5 Å². The van der Waals surface area contributed by atoms with Gasteiger partial charge in [0.05, 0.1) is 6.54 Å². The molecule has 2 rings (SSSR count). The van der Waals surface area contributed by atoms with Crippen molar-refractivity contribution in [2.45, 2.75) is 18.0 Å². The van der Waals surface area contributed by atoms with E-state index in [0.29, 0.717) is 0 Å². The molecule has 1 fully saturated rings. The minimum Gasteiger partial charge on any atom is -0.480 e. The molecule has 1 amide bonds. The van der Waals surface area contributed by atoms with Gasteiger partial charge in [0.1, 0.15) is 11.6 Å². The highest BCUT2D eigenvalue weighted by atomic mass is 16.4. The van der Waals surface area contributed by atoms with Crippen LogP contribution in [0.4, 0.5) is 0 Å². The average molecular weight is 304 g/mol. The summed E-state index contributed by atoms with van der Waals surface area (Å²) in [7, 11) is 0. The Morgan fingerprint density at radius 1 is 1.23 bits per heavy atom. The summed E-state index contributed by atoms with van der Waals surface area (Å²) in [6, 6.07) is 7.76. The van der Waals surface area contributed by atoms with E-state index in [1.54, 1.807) is 30.3 Å². The van der Waals surface area contributed by atoms with E-state index in [4.69, 9.17) is 15.9 Å². The Kier molecular flexibility index (Phi) is 4.27. The number of carbonyl (C=O) groups excluding carboxylic acids is 1. The zero-order valence-electron chi connectivity index (χ0n) is 11.7. The Hall–Kier alpha value is -2.67. The highest BCUT2D eigenvalue weighted by Crippen LogP contribution is 2.26. The third kappa shape index (κ3) is 3.15. The number of carboxylic acid groups (broad SMARTS) is 2. The summed E-state index contributed by atoms with van der Waals surface area (Å²) in [5.41, 5.74) is 4.72. The molecule has 0 saturated carbocycles. The fourth-order valence-corrected chi connectivity index (χ4v) is 2.37. The van der Waals surface area contributed by atoms with Crippen LogP contribution in [-0.2, 0) is 14.4 Å². The van der Waals surface area contributed by atoms with Crippen LogP contribution in [0.25, 0.3) is 6.08 Å². The molecule has 1 aliphatic heterocycles. The molecule has 1 aromatic rings. The van der Waals surface area contributed by atoms with Gasteiger partial charge in [0.25, 0.3) is 0 Å². The van der Waals surface area contributed by atoms with Gasteiger partial charge in [0.15, 0.2) is 0 Å². The molecule has 0 bridgehead atoms. The maximum absolute atomic E-state index is 12.2. The maximum Gasteiger partial charge on any atom is 0.326 e. The minimum absolute atomic E-state index is 0.317. The summed E-state index contributed by atoms with van der Waals surface area (Å²) in [6.45, 7) is -0.336. The first-order valence-corrected chi connectivity index (χ1v) is 6.62. The summed E-state index contributed by atoms with van der Waals surface area (Å²) in [6.07, 6.45) is 2.44. The van der Waals surface area contributed by atoms with E-state index < -0.39 is 29.4 Å².